The number of aromatic amines is 1. The number of thioether (sulfide) groups is 1. The van der Waals surface area contributed by atoms with Gasteiger partial charge in [0.2, 0.25) is 0 Å². The molecule has 0 spiro atoms. The van der Waals surface area contributed by atoms with Gasteiger partial charge in [0.1, 0.15) is 6.10 Å². The van der Waals surface area contributed by atoms with Gasteiger partial charge in [0.25, 0.3) is 0 Å². The van der Waals surface area contributed by atoms with E-state index < -0.39 is 17.4 Å². The van der Waals surface area contributed by atoms with Crippen molar-refractivity contribution in [3.63, 3.8) is 0 Å². The summed E-state index contributed by atoms with van der Waals surface area (Å²) in [7, 11) is 0. The lowest BCUT2D eigenvalue weighted by molar-refractivity contribution is -0.165. The van der Waals surface area contributed by atoms with E-state index in [0.717, 1.165) is 16.2 Å². The Bertz CT molecular complexity index is 727. The third kappa shape index (κ3) is 3.00. The number of ether oxygens (including phenoxy) is 2. The Hall–Kier alpha value is -2.02. The molecule has 0 amide bonds. The molecular weight excluding hydrogens is 328 g/mol. The topological polar surface area (TPSA) is 81.3 Å². The predicted octanol–water partition coefficient (Wildman–Crippen LogP) is 2.93. The number of imidazole rings is 1. The maximum absolute atomic E-state index is 12.3. The third-order valence-electron chi connectivity index (χ3n) is 4.28. The highest BCUT2D eigenvalue weighted by atomic mass is 32.2. The van der Waals surface area contributed by atoms with Crippen LogP contribution in [0.25, 0.3) is 11.0 Å². The van der Waals surface area contributed by atoms with Crippen molar-refractivity contribution in [2.24, 2.45) is 5.41 Å². The van der Waals surface area contributed by atoms with E-state index in [0.29, 0.717) is 18.6 Å². The Morgan fingerprint density at radius 3 is 2.96 bits per heavy atom. The average molecular weight is 348 g/mol. The number of carbonyl (C=O) groups excluding carboxylic acids is 2. The highest BCUT2D eigenvalue weighted by Gasteiger charge is 2.54. The van der Waals surface area contributed by atoms with E-state index in [1.54, 1.807) is 6.92 Å². The van der Waals surface area contributed by atoms with Crippen LogP contribution in [0.5, 0.6) is 0 Å². The summed E-state index contributed by atoms with van der Waals surface area (Å²) in [6.45, 7) is 3.80. The average Bonchev–Trinajstić information content (AvgIpc) is 3.14. The van der Waals surface area contributed by atoms with Crippen LogP contribution in [0.2, 0.25) is 0 Å². The molecule has 0 unspecified atom stereocenters. The summed E-state index contributed by atoms with van der Waals surface area (Å²) in [5.41, 5.74) is 0.713. The minimum absolute atomic E-state index is 0.256. The maximum atomic E-state index is 12.3. The van der Waals surface area contributed by atoms with Gasteiger partial charge >= 0.3 is 11.9 Å². The summed E-state index contributed by atoms with van der Waals surface area (Å²) in [6.07, 6.45) is 0.422. The number of nitrogens with zero attached hydrogens (tertiary/aromatic N) is 1. The SMILES string of the molecule is CCOC(=O)[C@]1(CC)C[C@H](CSc2nc3ccccc3[nH]2)OC1=O. The lowest BCUT2D eigenvalue weighted by Gasteiger charge is -2.20. The van der Waals surface area contributed by atoms with Gasteiger partial charge in [0.15, 0.2) is 10.6 Å². The molecule has 1 aliphatic rings. The molecule has 0 aliphatic carbocycles. The van der Waals surface area contributed by atoms with E-state index in [1.165, 1.54) is 11.8 Å². The summed E-state index contributed by atoms with van der Waals surface area (Å²) in [5, 5.41) is 0.775. The van der Waals surface area contributed by atoms with Crippen LogP contribution in [0, 0.1) is 5.41 Å². The lowest BCUT2D eigenvalue weighted by Crippen LogP contribution is -2.36. The van der Waals surface area contributed by atoms with Crippen LogP contribution in [0.4, 0.5) is 0 Å². The second kappa shape index (κ2) is 6.84. The molecule has 2 aromatic rings. The number of fused-ring (bicyclic) bond motifs is 1. The highest BCUT2D eigenvalue weighted by Crippen LogP contribution is 2.40. The first-order valence-corrected chi connectivity index (χ1v) is 9.03. The van der Waals surface area contributed by atoms with Gasteiger partial charge in [0, 0.05) is 12.2 Å². The molecule has 128 valence electrons. The minimum atomic E-state index is -1.16. The molecule has 1 aliphatic heterocycles. The number of cyclic esters (lactones) is 1. The number of aromatic nitrogens is 2. The first-order valence-electron chi connectivity index (χ1n) is 8.05. The van der Waals surface area contributed by atoms with E-state index in [9.17, 15) is 9.59 Å². The van der Waals surface area contributed by atoms with Gasteiger partial charge in [-0.25, -0.2) is 4.98 Å². The quantitative estimate of drug-likeness (QED) is 0.491. The van der Waals surface area contributed by atoms with Crippen molar-refractivity contribution < 1.29 is 19.1 Å². The Morgan fingerprint density at radius 1 is 1.46 bits per heavy atom. The standard InChI is InChI=1S/C17H20N2O4S/c1-3-17(14(20)22-4-2)9-11(23-15(17)21)10-24-16-18-12-7-5-6-8-13(12)19-16/h5-8,11H,3-4,9-10H2,1-2H3,(H,18,19)/t11-,17+/m1/s1. The fourth-order valence-electron chi connectivity index (χ4n) is 2.91. The fourth-order valence-corrected chi connectivity index (χ4v) is 3.78. The minimum Gasteiger partial charge on any atom is -0.465 e. The molecule has 1 aromatic heterocycles. The lowest BCUT2D eigenvalue weighted by atomic mass is 9.82. The summed E-state index contributed by atoms with van der Waals surface area (Å²) in [6, 6.07) is 7.78. The zero-order valence-electron chi connectivity index (χ0n) is 13.7. The van der Waals surface area contributed by atoms with Crippen LogP contribution in [-0.4, -0.2) is 40.4 Å². The Labute approximate surface area is 144 Å². The molecule has 3 rings (SSSR count). The Balaban J connectivity index is 1.66. The summed E-state index contributed by atoms with van der Waals surface area (Å²) >= 11 is 1.49. The van der Waals surface area contributed by atoms with Gasteiger partial charge in [-0.3, -0.25) is 9.59 Å². The number of benzene rings is 1. The van der Waals surface area contributed by atoms with Crippen LogP contribution in [0.1, 0.15) is 26.7 Å². The van der Waals surface area contributed by atoms with Crippen LogP contribution in [0.3, 0.4) is 0 Å². The van der Waals surface area contributed by atoms with Crippen molar-refractivity contribution in [1.82, 2.24) is 9.97 Å². The van der Waals surface area contributed by atoms with Gasteiger partial charge in [0.05, 0.1) is 17.6 Å². The molecular formula is C17H20N2O4S. The van der Waals surface area contributed by atoms with Gasteiger partial charge in [-0.2, -0.15) is 0 Å². The number of hydrogen-bond donors (Lipinski definition) is 1. The molecule has 1 N–H and O–H groups in total. The van der Waals surface area contributed by atoms with Gasteiger partial charge in [-0.05, 0) is 25.5 Å². The van der Waals surface area contributed by atoms with Crippen LogP contribution < -0.4 is 0 Å². The molecule has 0 radical (unpaired) electrons. The molecule has 1 fully saturated rings. The number of rotatable bonds is 6. The van der Waals surface area contributed by atoms with Crippen LogP contribution in [0.15, 0.2) is 29.4 Å². The smallest absolute Gasteiger partial charge is 0.323 e. The monoisotopic (exact) mass is 348 g/mol. The number of para-hydroxylation sites is 2. The molecule has 6 nitrogen and oxygen atoms in total. The Kier molecular flexibility index (Phi) is 4.80. The first kappa shape index (κ1) is 16.8. The number of hydrogen-bond acceptors (Lipinski definition) is 6. The molecule has 0 bridgehead atoms. The van der Waals surface area contributed by atoms with Crippen LogP contribution in [-0.2, 0) is 19.1 Å². The summed E-state index contributed by atoms with van der Waals surface area (Å²) < 4.78 is 10.5. The van der Waals surface area contributed by atoms with Gasteiger partial charge in [-0.15, -0.1) is 0 Å². The van der Waals surface area contributed by atoms with Crippen molar-refractivity contribution in [3.8, 4) is 0 Å². The van der Waals surface area contributed by atoms with Crippen LogP contribution >= 0.6 is 11.8 Å². The van der Waals surface area contributed by atoms with Crippen molar-refractivity contribution in [2.75, 3.05) is 12.4 Å². The second-order valence-corrected chi connectivity index (χ2v) is 6.77. The molecule has 0 saturated carbocycles. The van der Waals surface area contributed by atoms with E-state index in [4.69, 9.17) is 9.47 Å². The van der Waals surface area contributed by atoms with Crippen molar-refractivity contribution in [2.45, 2.75) is 37.9 Å². The molecule has 7 heteroatoms. The highest BCUT2D eigenvalue weighted by molar-refractivity contribution is 7.99. The van der Waals surface area contributed by atoms with E-state index in [-0.39, 0.29) is 12.7 Å². The maximum Gasteiger partial charge on any atom is 0.323 e. The molecule has 2 heterocycles. The zero-order valence-corrected chi connectivity index (χ0v) is 14.5. The number of carbonyl (C=O) groups is 2. The Morgan fingerprint density at radius 2 is 2.25 bits per heavy atom. The van der Waals surface area contributed by atoms with Crippen molar-refractivity contribution in [1.29, 1.82) is 0 Å². The summed E-state index contributed by atoms with van der Waals surface area (Å²) in [5.74, 6) is -0.403. The van der Waals surface area contributed by atoms with E-state index >= 15 is 0 Å². The first-order chi connectivity index (χ1) is 11.6. The normalized spacial score (nSPS) is 23.4. The number of esters is 2. The van der Waals surface area contributed by atoms with Crippen molar-refractivity contribution in [3.05, 3.63) is 24.3 Å². The zero-order chi connectivity index (χ0) is 17.2. The van der Waals surface area contributed by atoms with Gasteiger partial charge in [-0.1, -0.05) is 30.8 Å². The number of H-pyrrole nitrogens is 1. The second-order valence-electron chi connectivity index (χ2n) is 5.76. The van der Waals surface area contributed by atoms with E-state index in [2.05, 4.69) is 9.97 Å². The predicted molar refractivity (Wildman–Crippen MR) is 90.7 cm³/mol. The summed E-state index contributed by atoms with van der Waals surface area (Å²) in [4.78, 5) is 32.2. The van der Waals surface area contributed by atoms with Gasteiger partial charge < -0.3 is 14.5 Å². The van der Waals surface area contributed by atoms with E-state index in [1.807, 2.05) is 31.2 Å². The fraction of sp³-hybridized carbons (Fsp3) is 0.471. The number of nitrogens with one attached hydrogen (secondary N) is 1. The largest absolute Gasteiger partial charge is 0.465 e. The van der Waals surface area contributed by atoms with Crippen molar-refractivity contribution >= 4 is 34.7 Å². The molecule has 24 heavy (non-hydrogen) atoms. The molecule has 1 aromatic carbocycles. The molecule has 1 saturated heterocycles. The molecule has 2 atom stereocenters. The third-order valence-corrected chi connectivity index (χ3v) is 5.29.